The fourth-order valence-electron chi connectivity index (χ4n) is 3.89. The van der Waals surface area contributed by atoms with Crippen molar-refractivity contribution in [2.24, 2.45) is 0 Å². The van der Waals surface area contributed by atoms with E-state index in [1.165, 1.54) is 4.90 Å². The second-order valence-corrected chi connectivity index (χ2v) is 7.15. The van der Waals surface area contributed by atoms with Gasteiger partial charge in [0.05, 0.1) is 23.6 Å². The Morgan fingerprint density at radius 2 is 1.83 bits per heavy atom. The van der Waals surface area contributed by atoms with Crippen molar-refractivity contribution < 1.29 is 14.3 Å². The third kappa shape index (κ3) is 3.87. The van der Waals surface area contributed by atoms with Gasteiger partial charge in [0.15, 0.2) is 6.61 Å². The van der Waals surface area contributed by atoms with E-state index in [0.29, 0.717) is 11.3 Å². The van der Waals surface area contributed by atoms with Crippen molar-refractivity contribution in [3.05, 3.63) is 71.4 Å². The Labute approximate surface area is 174 Å². The molecule has 1 amide bonds. The van der Waals surface area contributed by atoms with Gasteiger partial charge in [0.25, 0.3) is 5.91 Å². The number of esters is 1. The molecule has 1 aliphatic rings. The number of aryl methyl sites for hydroxylation is 1. The Morgan fingerprint density at radius 3 is 2.63 bits per heavy atom. The monoisotopic (exact) mass is 399 g/mol. The fraction of sp³-hybridized carbons (Fsp3) is 0.250. The van der Waals surface area contributed by atoms with Gasteiger partial charge in [-0.1, -0.05) is 36.4 Å². The van der Waals surface area contributed by atoms with Gasteiger partial charge in [-0.3, -0.25) is 9.78 Å². The summed E-state index contributed by atoms with van der Waals surface area (Å²) in [6.07, 6.45) is 2.77. The molecular formula is C24H21N3O3. The number of rotatable bonds is 6. The average Bonchev–Trinajstić information content (AvgIpc) is 3.24. The van der Waals surface area contributed by atoms with E-state index in [9.17, 15) is 9.59 Å². The number of aromatic nitrogens is 1. The topological polar surface area (TPSA) is 83.3 Å². The number of amides is 1. The van der Waals surface area contributed by atoms with Gasteiger partial charge in [-0.05, 0) is 43.0 Å². The summed E-state index contributed by atoms with van der Waals surface area (Å²) in [4.78, 5) is 32.0. The van der Waals surface area contributed by atoms with Crippen LogP contribution in [0.5, 0.6) is 0 Å². The molecule has 3 aromatic rings. The Morgan fingerprint density at radius 1 is 1.07 bits per heavy atom. The second kappa shape index (κ2) is 8.75. The first kappa shape index (κ1) is 19.6. The Bertz CT molecular complexity index is 1140. The van der Waals surface area contributed by atoms with Crippen LogP contribution < -0.4 is 4.90 Å². The summed E-state index contributed by atoms with van der Waals surface area (Å²) in [5.41, 5.74) is 3.81. The molecule has 1 heterocycles. The summed E-state index contributed by atoms with van der Waals surface area (Å²) in [6.45, 7) is -0.144. The van der Waals surface area contributed by atoms with Crippen molar-refractivity contribution in [3.63, 3.8) is 0 Å². The highest BCUT2D eigenvalue weighted by Gasteiger charge is 2.26. The molecule has 1 aromatic heterocycles. The minimum Gasteiger partial charge on any atom is -0.452 e. The highest BCUT2D eigenvalue weighted by molar-refractivity contribution is 6.06. The normalized spacial score (nSPS) is 12.2. The molecule has 6 heteroatoms. The zero-order valence-electron chi connectivity index (χ0n) is 16.5. The van der Waals surface area contributed by atoms with Crippen LogP contribution in [0.15, 0.2) is 54.6 Å². The largest absolute Gasteiger partial charge is 0.452 e. The quantitative estimate of drug-likeness (QED) is 0.588. The van der Waals surface area contributed by atoms with Crippen LogP contribution in [0.1, 0.15) is 34.5 Å². The van der Waals surface area contributed by atoms with E-state index in [4.69, 9.17) is 10.00 Å². The second-order valence-electron chi connectivity index (χ2n) is 7.15. The zero-order valence-corrected chi connectivity index (χ0v) is 16.5. The number of carbonyl (C=O) groups is 2. The molecule has 2 aromatic carbocycles. The van der Waals surface area contributed by atoms with Crippen LogP contribution in [0.25, 0.3) is 10.9 Å². The van der Waals surface area contributed by atoms with E-state index in [-0.39, 0.29) is 25.5 Å². The average molecular weight is 399 g/mol. The summed E-state index contributed by atoms with van der Waals surface area (Å²) in [5, 5.41) is 9.67. The fourth-order valence-corrected chi connectivity index (χ4v) is 3.89. The van der Waals surface area contributed by atoms with Gasteiger partial charge in [-0.2, -0.15) is 5.26 Å². The lowest BCUT2D eigenvalue weighted by molar-refractivity contribution is -0.121. The highest BCUT2D eigenvalue weighted by Crippen LogP contribution is 2.30. The van der Waals surface area contributed by atoms with Crippen molar-refractivity contribution in [1.29, 1.82) is 5.26 Å². The number of ether oxygens (including phenoxy) is 1. The van der Waals surface area contributed by atoms with E-state index in [2.05, 4.69) is 11.1 Å². The first-order valence-electron chi connectivity index (χ1n) is 9.99. The predicted octanol–water partition coefficient (Wildman–Crippen LogP) is 3.83. The number of carbonyl (C=O) groups excluding carboxylic acids is 2. The Balaban J connectivity index is 1.56. The maximum Gasteiger partial charge on any atom is 0.339 e. The molecule has 0 unspecified atom stereocenters. The minimum atomic E-state index is -0.506. The van der Waals surface area contributed by atoms with Crippen molar-refractivity contribution in [2.45, 2.75) is 25.7 Å². The number of nitriles is 1. The Hall–Kier alpha value is -3.72. The molecule has 150 valence electrons. The van der Waals surface area contributed by atoms with E-state index in [0.717, 1.165) is 41.4 Å². The van der Waals surface area contributed by atoms with Crippen molar-refractivity contribution in [2.75, 3.05) is 18.1 Å². The van der Waals surface area contributed by atoms with Gasteiger partial charge >= 0.3 is 5.97 Å². The van der Waals surface area contributed by atoms with Crippen LogP contribution in [-0.2, 0) is 22.4 Å². The predicted molar refractivity (Wildman–Crippen MR) is 113 cm³/mol. The number of hydrogen-bond donors (Lipinski definition) is 0. The SMILES string of the molecule is N#CCCN(C(=O)COC(=O)c1c2c(nc3ccccc13)CCC2)c1ccccc1. The molecule has 6 nitrogen and oxygen atoms in total. The maximum atomic E-state index is 13.0. The van der Waals surface area contributed by atoms with E-state index in [1.54, 1.807) is 12.1 Å². The van der Waals surface area contributed by atoms with Gasteiger partial charge in [-0.25, -0.2) is 4.79 Å². The van der Waals surface area contributed by atoms with E-state index in [1.807, 2.05) is 42.5 Å². The maximum absolute atomic E-state index is 13.0. The lowest BCUT2D eigenvalue weighted by atomic mass is 10.0. The Kier molecular flexibility index (Phi) is 5.71. The first-order chi connectivity index (χ1) is 14.7. The summed E-state index contributed by atoms with van der Waals surface area (Å²) >= 11 is 0. The number of hydrogen-bond acceptors (Lipinski definition) is 5. The lowest BCUT2D eigenvalue weighted by Crippen LogP contribution is -2.35. The molecule has 0 saturated carbocycles. The molecule has 0 radical (unpaired) electrons. The zero-order chi connectivity index (χ0) is 20.9. The standard InChI is InChI=1S/C24H21N3O3/c25-14-7-15-27(17-8-2-1-3-9-17)22(28)16-30-24(29)23-18-10-4-5-12-20(18)26-21-13-6-11-19(21)23/h1-5,8-10,12H,6-7,11,13,15-16H2. The van der Waals surface area contributed by atoms with Crippen LogP contribution in [0, 0.1) is 11.3 Å². The molecule has 0 bridgehead atoms. The van der Waals surface area contributed by atoms with Crippen LogP contribution in [0.2, 0.25) is 0 Å². The molecule has 0 aliphatic heterocycles. The minimum absolute atomic E-state index is 0.192. The number of fused-ring (bicyclic) bond motifs is 2. The van der Waals surface area contributed by atoms with Gasteiger partial charge in [0.2, 0.25) is 0 Å². The molecule has 0 fully saturated rings. The van der Waals surface area contributed by atoms with Gasteiger partial charge in [0.1, 0.15) is 0 Å². The van der Waals surface area contributed by atoms with Crippen molar-refractivity contribution >= 4 is 28.5 Å². The van der Waals surface area contributed by atoms with Crippen LogP contribution in [0.4, 0.5) is 5.69 Å². The molecule has 4 rings (SSSR count). The summed E-state index contributed by atoms with van der Waals surface area (Å²) < 4.78 is 5.46. The first-order valence-corrected chi connectivity index (χ1v) is 9.99. The van der Waals surface area contributed by atoms with Crippen molar-refractivity contribution in [3.8, 4) is 6.07 Å². The number of benzene rings is 2. The highest BCUT2D eigenvalue weighted by atomic mass is 16.5. The van der Waals surface area contributed by atoms with Crippen molar-refractivity contribution in [1.82, 2.24) is 4.98 Å². The van der Waals surface area contributed by atoms with E-state index < -0.39 is 5.97 Å². The third-order valence-electron chi connectivity index (χ3n) is 5.27. The number of para-hydroxylation sites is 2. The third-order valence-corrected chi connectivity index (χ3v) is 5.27. The summed E-state index contributed by atoms with van der Waals surface area (Å²) in [5.74, 6) is -0.867. The number of anilines is 1. The van der Waals surface area contributed by atoms with Crippen LogP contribution in [0.3, 0.4) is 0 Å². The molecule has 0 spiro atoms. The number of pyridine rings is 1. The van der Waals surface area contributed by atoms with Gasteiger partial charge in [-0.15, -0.1) is 0 Å². The van der Waals surface area contributed by atoms with Gasteiger partial charge < -0.3 is 9.64 Å². The number of nitrogens with zero attached hydrogens (tertiary/aromatic N) is 3. The lowest BCUT2D eigenvalue weighted by Gasteiger charge is -2.21. The van der Waals surface area contributed by atoms with Gasteiger partial charge in [0, 0.05) is 23.3 Å². The molecule has 1 aliphatic carbocycles. The smallest absolute Gasteiger partial charge is 0.339 e. The molecule has 30 heavy (non-hydrogen) atoms. The molecular weight excluding hydrogens is 378 g/mol. The molecule has 0 saturated heterocycles. The summed E-state index contributed by atoms with van der Waals surface area (Å²) in [6, 6.07) is 18.6. The van der Waals surface area contributed by atoms with Crippen LogP contribution in [-0.4, -0.2) is 30.0 Å². The van der Waals surface area contributed by atoms with E-state index >= 15 is 0 Å². The van der Waals surface area contributed by atoms with Crippen LogP contribution >= 0.6 is 0 Å². The molecule has 0 N–H and O–H groups in total. The molecule has 0 atom stereocenters. The summed E-state index contributed by atoms with van der Waals surface area (Å²) in [7, 11) is 0.